The van der Waals surface area contributed by atoms with Crippen LogP contribution in [0.1, 0.15) is 12.5 Å². The van der Waals surface area contributed by atoms with Crippen LogP contribution in [-0.4, -0.2) is 73.1 Å². The Labute approximate surface area is 188 Å². The number of amides is 4. The minimum atomic E-state index is -4.03. The van der Waals surface area contributed by atoms with E-state index in [4.69, 9.17) is 0 Å². The van der Waals surface area contributed by atoms with E-state index in [9.17, 15) is 27.2 Å². The van der Waals surface area contributed by atoms with E-state index in [1.165, 1.54) is 34.4 Å². The molecule has 0 saturated carbocycles. The number of sulfonamides is 1. The first kappa shape index (κ1) is 22.4. The average Bonchev–Trinajstić information content (AvgIpc) is 3.38. The molecule has 2 aromatic rings. The number of piperazine rings is 1. The van der Waals surface area contributed by atoms with Gasteiger partial charge < -0.3 is 10.2 Å². The van der Waals surface area contributed by atoms with Crippen LogP contribution in [0.3, 0.4) is 0 Å². The van der Waals surface area contributed by atoms with Crippen LogP contribution in [0.5, 0.6) is 0 Å². The maximum absolute atomic E-state index is 14.0. The summed E-state index contributed by atoms with van der Waals surface area (Å²) in [6, 6.07) is 6.21. The van der Waals surface area contributed by atoms with Crippen LogP contribution in [0.15, 0.2) is 46.0 Å². The highest BCUT2D eigenvalue weighted by Gasteiger charge is 2.50. The SMILES string of the molecule is CC1(c2ccsc2)NC(=O)N(CC(=O)N2CCN(S(=O)(=O)c3ccccc3F)CC2)C1=O. The van der Waals surface area contributed by atoms with Crippen LogP contribution in [0.4, 0.5) is 9.18 Å². The number of halogens is 1. The third kappa shape index (κ3) is 3.78. The molecule has 2 fully saturated rings. The van der Waals surface area contributed by atoms with Crippen molar-refractivity contribution >= 4 is 39.2 Å². The van der Waals surface area contributed by atoms with Crippen molar-refractivity contribution in [2.45, 2.75) is 17.4 Å². The summed E-state index contributed by atoms with van der Waals surface area (Å²) in [5.74, 6) is -1.82. The van der Waals surface area contributed by atoms with Crippen molar-refractivity contribution in [3.05, 3.63) is 52.5 Å². The van der Waals surface area contributed by atoms with Gasteiger partial charge in [-0.15, -0.1) is 0 Å². The topological polar surface area (TPSA) is 107 Å². The molecule has 2 aliphatic heterocycles. The number of carbonyl (C=O) groups is 3. The van der Waals surface area contributed by atoms with Gasteiger partial charge in [-0.3, -0.25) is 14.5 Å². The molecule has 3 heterocycles. The van der Waals surface area contributed by atoms with Gasteiger partial charge in [0.1, 0.15) is 22.8 Å². The molecule has 170 valence electrons. The Bertz CT molecular complexity index is 1160. The summed E-state index contributed by atoms with van der Waals surface area (Å²) in [4.78, 5) is 39.9. The lowest BCUT2D eigenvalue weighted by molar-refractivity contribution is -0.139. The minimum Gasteiger partial charge on any atom is -0.338 e. The second kappa shape index (κ2) is 8.26. The Morgan fingerprint density at radius 3 is 2.47 bits per heavy atom. The quantitative estimate of drug-likeness (QED) is 0.647. The molecule has 4 amide bonds. The fourth-order valence-electron chi connectivity index (χ4n) is 3.79. The lowest BCUT2D eigenvalue weighted by Gasteiger charge is -2.34. The predicted molar refractivity (Wildman–Crippen MR) is 114 cm³/mol. The number of thiophene rings is 1. The summed E-state index contributed by atoms with van der Waals surface area (Å²) in [6.07, 6.45) is 0. The zero-order valence-electron chi connectivity index (χ0n) is 17.2. The fourth-order valence-corrected chi connectivity index (χ4v) is 6.04. The zero-order chi connectivity index (χ0) is 23.1. The number of hydrogen-bond acceptors (Lipinski definition) is 6. The van der Waals surface area contributed by atoms with Crippen LogP contribution in [0, 0.1) is 5.82 Å². The van der Waals surface area contributed by atoms with Gasteiger partial charge in [-0.05, 0) is 41.4 Å². The standard InChI is InChI=1S/C20H21FN4O5S2/c1-20(14-6-11-31-13-14)18(27)25(19(28)22-20)12-17(26)23-7-9-24(10-8-23)32(29,30)16-5-3-2-4-15(16)21/h2-6,11,13H,7-10,12H2,1H3,(H,22,28). The Morgan fingerprint density at radius 1 is 1.16 bits per heavy atom. The van der Waals surface area contributed by atoms with Crippen LogP contribution in [0.2, 0.25) is 0 Å². The van der Waals surface area contributed by atoms with Crippen molar-refractivity contribution in [3.8, 4) is 0 Å². The van der Waals surface area contributed by atoms with Crippen molar-refractivity contribution in [2.75, 3.05) is 32.7 Å². The summed E-state index contributed by atoms with van der Waals surface area (Å²) in [6.45, 7) is 1.25. The molecular formula is C20H21FN4O5S2. The van der Waals surface area contributed by atoms with Crippen molar-refractivity contribution in [3.63, 3.8) is 0 Å². The van der Waals surface area contributed by atoms with Gasteiger partial charge in [0.05, 0.1) is 0 Å². The average molecular weight is 481 g/mol. The van der Waals surface area contributed by atoms with E-state index in [0.717, 1.165) is 15.3 Å². The first-order valence-corrected chi connectivity index (χ1v) is 12.2. The highest BCUT2D eigenvalue weighted by atomic mass is 32.2. The monoisotopic (exact) mass is 480 g/mol. The highest BCUT2D eigenvalue weighted by Crippen LogP contribution is 2.30. The Kier molecular flexibility index (Phi) is 5.77. The van der Waals surface area contributed by atoms with Gasteiger partial charge in [0.25, 0.3) is 5.91 Å². The lowest BCUT2D eigenvalue weighted by Crippen LogP contribution is -2.53. The van der Waals surface area contributed by atoms with Gasteiger partial charge in [0.15, 0.2) is 0 Å². The number of nitrogens with zero attached hydrogens (tertiary/aromatic N) is 3. The van der Waals surface area contributed by atoms with Crippen LogP contribution in [-0.2, 0) is 25.2 Å². The molecule has 1 unspecified atom stereocenters. The highest BCUT2D eigenvalue weighted by molar-refractivity contribution is 7.89. The van der Waals surface area contributed by atoms with Crippen molar-refractivity contribution in [1.82, 2.24) is 19.4 Å². The molecule has 1 N–H and O–H groups in total. The molecule has 1 atom stereocenters. The molecule has 9 nitrogen and oxygen atoms in total. The Balaban J connectivity index is 1.40. The summed E-state index contributed by atoms with van der Waals surface area (Å²) in [5, 5.41) is 6.20. The number of rotatable bonds is 5. The fraction of sp³-hybridized carbons (Fsp3) is 0.350. The molecule has 4 rings (SSSR count). The van der Waals surface area contributed by atoms with Gasteiger partial charge in [-0.1, -0.05) is 12.1 Å². The minimum absolute atomic E-state index is 0.0187. The van der Waals surface area contributed by atoms with E-state index in [0.29, 0.717) is 5.56 Å². The molecule has 2 aliphatic rings. The van der Waals surface area contributed by atoms with Gasteiger partial charge in [-0.2, -0.15) is 15.6 Å². The number of imide groups is 1. The number of nitrogens with one attached hydrogen (secondary N) is 1. The van der Waals surface area contributed by atoms with Crippen molar-refractivity contribution in [1.29, 1.82) is 0 Å². The van der Waals surface area contributed by atoms with E-state index < -0.39 is 50.7 Å². The Morgan fingerprint density at radius 2 is 1.84 bits per heavy atom. The van der Waals surface area contributed by atoms with Crippen LogP contribution in [0.25, 0.3) is 0 Å². The molecule has 0 spiro atoms. The van der Waals surface area contributed by atoms with Gasteiger partial charge >= 0.3 is 6.03 Å². The first-order chi connectivity index (χ1) is 15.1. The van der Waals surface area contributed by atoms with Crippen LogP contribution < -0.4 is 5.32 Å². The molecular weight excluding hydrogens is 459 g/mol. The normalized spacial score (nSPS) is 22.3. The molecule has 32 heavy (non-hydrogen) atoms. The number of hydrogen-bond donors (Lipinski definition) is 1. The van der Waals surface area contributed by atoms with E-state index >= 15 is 0 Å². The van der Waals surface area contributed by atoms with Crippen molar-refractivity contribution < 1.29 is 27.2 Å². The van der Waals surface area contributed by atoms with E-state index in [-0.39, 0.29) is 26.2 Å². The second-order valence-corrected chi connectivity index (χ2v) is 10.4. The Hall–Kier alpha value is -2.83. The number of carbonyl (C=O) groups excluding carboxylic acids is 3. The van der Waals surface area contributed by atoms with Crippen molar-refractivity contribution in [2.24, 2.45) is 0 Å². The molecule has 12 heteroatoms. The van der Waals surface area contributed by atoms with E-state index in [2.05, 4.69) is 5.32 Å². The second-order valence-electron chi connectivity index (χ2n) is 7.67. The molecule has 1 aromatic carbocycles. The molecule has 1 aromatic heterocycles. The summed E-state index contributed by atoms with van der Waals surface area (Å²) < 4.78 is 40.5. The predicted octanol–water partition coefficient (Wildman–Crippen LogP) is 1.19. The zero-order valence-corrected chi connectivity index (χ0v) is 18.8. The summed E-state index contributed by atoms with van der Waals surface area (Å²) in [5.41, 5.74) is -0.591. The molecule has 2 saturated heterocycles. The smallest absolute Gasteiger partial charge is 0.325 e. The van der Waals surface area contributed by atoms with Crippen LogP contribution >= 0.6 is 11.3 Å². The molecule has 0 radical (unpaired) electrons. The lowest BCUT2D eigenvalue weighted by atomic mass is 9.95. The van der Waals surface area contributed by atoms with Gasteiger partial charge in [0.2, 0.25) is 15.9 Å². The summed E-state index contributed by atoms with van der Waals surface area (Å²) in [7, 11) is -4.03. The third-order valence-corrected chi connectivity index (χ3v) is 8.33. The van der Waals surface area contributed by atoms with Gasteiger partial charge in [0, 0.05) is 26.2 Å². The number of benzene rings is 1. The maximum Gasteiger partial charge on any atom is 0.325 e. The summed E-state index contributed by atoms with van der Waals surface area (Å²) >= 11 is 1.39. The van der Waals surface area contributed by atoms with E-state index in [1.54, 1.807) is 23.8 Å². The molecule has 0 bridgehead atoms. The third-order valence-electron chi connectivity index (χ3n) is 5.71. The first-order valence-electron chi connectivity index (χ1n) is 9.84. The number of urea groups is 1. The van der Waals surface area contributed by atoms with Gasteiger partial charge in [-0.25, -0.2) is 17.6 Å². The van der Waals surface area contributed by atoms with E-state index in [1.807, 2.05) is 0 Å². The largest absolute Gasteiger partial charge is 0.338 e. The molecule has 0 aliphatic carbocycles. The maximum atomic E-state index is 14.0.